The highest BCUT2D eigenvalue weighted by Crippen LogP contribution is 2.29. The lowest BCUT2D eigenvalue weighted by Crippen LogP contribution is -2.32. The first kappa shape index (κ1) is 14.3. The van der Waals surface area contributed by atoms with Crippen LogP contribution in [0.4, 0.5) is 0 Å². The van der Waals surface area contributed by atoms with Gasteiger partial charge in [0.15, 0.2) is 0 Å². The second kappa shape index (κ2) is 5.89. The fraction of sp³-hybridized carbons (Fsp3) is 0.154. The number of thioether (sulfide) groups is 1. The predicted molar refractivity (Wildman–Crippen MR) is 82.5 cm³/mol. The summed E-state index contributed by atoms with van der Waals surface area (Å²) in [6.07, 6.45) is 1.73. The van der Waals surface area contributed by atoms with Crippen LogP contribution in [0.25, 0.3) is 0 Å². The summed E-state index contributed by atoms with van der Waals surface area (Å²) in [6.45, 7) is 0. The fourth-order valence-electron chi connectivity index (χ4n) is 1.85. The molecule has 0 heterocycles. The SMILES string of the molecule is CN=C1C=C(S/C(=N/N)N(C)N)C(=O)c2ccccc21. The fourth-order valence-corrected chi connectivity index (χ4v) is 2.62. The van der Waals surface area contributed by atoms with Crippen molar-refractivity contribution in [3.8, 4) is 0 Å². The van der Waals surface area contributed by atoms with Gasteiger partial charge in [-0.2, -0.15) is 5.10 Å². The Labute approximate surface area is 121 Å². The zero-order valence-corrected chi connectivity index (χ0v) is 12.0. The van der Waals surface area contributed by atoms with E-state index in [1.165, 1.54) is 5.01 Å². The van der Waals surface area contributed by atoms with Crippen molar-refractivity contribution < 1.29 is 4.79 Å². The average Bonchev–Trinajstić information content (AvgIpc) is 2.46. The Kier molecular flexibility index (Phi) is 4.21. The molecule has 0 saturated carbocycles. The highest BCUT2D eigenvalue weighted by atomic mass is 32.2. The summed E-state index contributed by atoms with van der Waals surface area (Å²) in [5.74, 6) is 10.8. The number of Topliss-reactive ketones (excluding diaryl/α,β-unsaturated/α-hetero) is 1. The molecule has 1 aliphatic rings. The molecule has 0 atom stereocenters. The molecule has 0 amide bonds. The normalized spacial score (nSPS) is 16.9. The van der Waals surface area contributed by atoms with E-state index in [1.54, 1.807) is 26.2 Å². The van der Waals surface area contributed by atoms with Gasteiger partial charge >= 0.3 is 0 Å². The quantitative estimate of drug-likeness (QED) is 0.347. The number of hydrogen-bond acceptors (Lipinski definition) is 6. The Morgan fingerprint density at radius 1 is 1.30 bits per heavy atom. The summed E-state index contributed by atoms with van der Waals surface area (Å²) in [6, 6.07) is 7.36. The first-order valence-electron chi connectivity index (χ1n) is 5.85. The number of nitrogens with zero attached hydrogens (tertiary/aromatic N) is 3. The Morgan fingerprint density at radius 3 is 2.50 bits per heavy atom. The lowest BCUT2D eigenvalue weighted by Gasteiger charge is -2.19. The van der Waals surface area contributed by atoms with Gasteiger partial charge in [0.2, 0.25) is 11.0 Å². The molecular weight excluding hydrogens is 274 g/mol. The van der Waals surface area contributed by atoms with E-state index < -0.39 is 0 Å². The van der Waals surface area contributed by atoms with Crippen LogP contribution in [0.3, 0.4) is 0 Å². The summed E-state index contributed by atoms with van der Waals surface area (Å²) in [5.41, 5.74) is 2.20. The highest BCUT2D eigenvalue weighted by Gasteiger charge is 2.25. The van der Waals surface area contributed by atoms with Crippen LogP contribution < -0.4 is 11.7 Å². The zero-order chi connectivity index (χ0) is 14.7. The largest absolute Gasteiger partial charge is 0.321 e. The van der Waals surface area contributed by atoms with Crippen LogP contribution in [0.1, 0.15) is 15.9 Å². The molecule has 104 valence electrons. The van der Waals surface area contributed by atoms with E-state index in [2.05, 4.69) is 10.1 Å². The number of allylic oxidation sites excluding steroid dienone is 2. The van der Waals surface area contributed by atoms with Gasteiger partial charge in [-0.3, -0.25) is 14.8 Å². The molecule has 2 rings (SSSR count). The third-order valence-electron chi connectivity index (χ3n) is 2.79. The van der Waals surface area contributed by atoms with Crippen molar-refractivity contribution in [2.75, 3.05) is 14.1 Å². The van der Waals surface area contributed by atoms with Crippen molar-refractivity contribution in [2.24, 2.45) is 21.8 Å². The van der Waals surface area contributed by atoms with Crippen LogP contribution in [0.2, 0.25) is 0 Å². The summed E-state index contributed by atoms with van der Waals surface area (Å²) in [7, 11) is 3.29. The van der Waals surface area contributed by atoms with Crippen LogP contribution in [0, 0.1) is 0 Å². The van der Waals surface area contributed by atoms with Gasteiger partial charge in [0.25, 0.3) is 0 Å². The number of fused-ring (bicyclic) bond motifs is 1. The molecule has 0 saturated heterocycles. The summed E-state index contributed by atoms with van der Waals surface area (Å²) in [5, 5.41) is 5.18. The Balaban J connectivity index is 2.43. The first-order chi connectivity index (χ1) is 9.58. The lowest BCUT2D eigenvalue weighted by atomic mass is 9.94. The molecule has 20 heavy (non-hydrogen) atoms. The van der Waals surface area contributed by atoms with Gasteiger partial charge in [-0.1, -0.05) is 24.3 Å². The number of carbonyl (C=O) groups excluding carboxylic acids is 1. The number of nitrogens with two attached hydrogens (primary N) is 2. The van der Waals surface area contributed by atoms with E-state index in [-0.39, 0.29) is 5.78 Å². The standard InChI is InChI=1S/C13H15N5OS/c1-16-10-7-11(20-13(17-14)18(2)15)12(19)9-6-4-3-5-8(9)10/h3-7H,14-15H2,1-2H3/b16-10?,17-13+. The molecule has 1 aliphatic carbocycles. The molecular formula is C13H15N5OS. The van der Waals surface area contributed by atoms with Crippen molar-refractivity contribution in [1.29, 1.82) is 0 Å². The van der Waals surface area contributed by atoms with Crippen LogP contribution in [0.5, 0.6) is 0 Å². The van der Waals surface area contributed by atoms with Crippen molar-refractivity contribution in [3.05, 3.63) is 46.4 Å². The van der Waals surface area contributed by atoms with Crippen LogP contribution >= 0.6 is 11.8 Å². The zero-order valence-electron chi connectivity index (χ0n) is 11.2. The van der Waals surface area contributed by atoms with E-state index in [0.29, 0.717) is 15.6 Å². The summed E-state index contributed by atoms with van der Waals surface area (Å²) < 4.78 is 0. The number of hydrogen-bond donors (Lipinski definition) is 2. The van der Waals surface area contributed by atoms with Crippen molar-refractivity contribution >= 4 is 28.4 Å². The number of benzene rings is 1. The average molecular weight is 289 g/mol. The first-order valence-corrected chi connectivity index (χ1v) is 6.67. The van der Waals surface area contributed by atoms with E-state index in [4.69, 9.17) is 11.7 Å². The number of ketones is 1. The highest BCUT2D eigenvalue weighted by molar-refractivity contribution is 8.17. The van der Waals surface area contributed by atoms with Crippen LogP contribution in [-0.4, -0.2) is 35.8 Å². The molecule has 1 aromatic carbocycles. The van der Waals surface area contributed by atoms with Gasteiger partial charge in [-0.25, -0.2) is 5.84 Å². The van der Waals surface area contributed by atoms with E-state index in [1.807, 2.05) is 18.2 Å². The minimum atomic E-state index is -0.0824. The Hall–Kier alpha value is -2.12. The molecule has 1 aromatic rings. The molecule has 7 heteroatoms. The minimum absolute atomic E-state index is 0.0824. The Morgan fingerprint density at radius 2 is 1.95 bits per heavy atom. The molecule has 0 spiro atoms. The molecule has 6 nitrogen and oxygen atoms in total. The van der Waals surface area contributed by atoms with E-state index in [9.17, 15) is 4.79 Å². The maximum Gasteiger partial charge on any atom is 0.201 e. The predicted octanol–water partition coefficient (Wildman–Crippen LogP) is 0.954. The number of hydrazine groups is 1. The number of rotatable bonds is 1. The van der Waals surface area contributed by atoms with E-state index >= 15 is 0 Å². The number of carbonyl (C=O) groups is 1. The monoisotopic (exact) mass is 289 g/mol. The third kappa shape index (κ3) is 2.59. The molecule has 0 aromatic heterocycles. The van der Waals surface area contributed by atoms with Crippen LogP contribution in [-0.2, 0) is 0 Å². The van der Waals surface area contributed by atoms with Crippen LogP contribution in [0.15, 0.2) is 45.3 Å². The minimum Gasteiger partial charge on any atom is -0.321 e. The summed E-state index contributed by atoms with van der Waals surface area (Å²) in [4.78, 5) is 17.2. The molecule has 0 unspecified atom stereocenters. The number of amidine groups is 1. The van der Waals surface area contributed by atoms with Gasteiger partial charge in [0.1, 0.15) is 0 Å². The van der Waals surface area contributed by atoms with Crippen molar-refractivity contribution in [2.45, 2.75) is 0 Å². The van der Waals surface area contributed by atoms with Gasteiger partial charge in [0, 0.05) is 25.2 Å². The Bertz CT molecular complexity index is 633. The van der Waals surface area contributed by atoms with E-state index in [0.717, 1.165) is 23.0 Å². The molecule has 0 radical (unpaired) electrons. The maximum atomic E-state index is 12.5. The third-order valence-corrected chi connectivity index (χ3v) is 3.89. The molecule has 4 N–H and O–H groups in total. The topological polar surface area (TPSA) is 97.1 Å². The molecule has 0 aliphatic heterocycles. The second-order valence-electron chi connectivity index (χ2n) is 4.12. The number of hydrazone groups is 1. The lowest BCUT2D eigenvalue weighted by molar-refractivity contribution is 0.104. The van der Waals surface area contributed by atoms with Gasteiger partial charge in [-0.15, -0.1) is 0 Å². The van der Waals surface area contributed by atoms with Gasteiger partial charge < -0.3 is 5.84 Å². The summed E-state index contributed by atoms with van der Waals surface area (Å²) >= 11 is 1.12. The molecule has 0 fully saturated rings. The second-order valence-corrected chi connectivity index (χ2v) is 5.13. The van der Waals surface area contributed by atoms with Gasteiger partial charge in [-0.05, 0) is 17.8 Å². The number of aliphatic imine (C=N–C) groups is 1. The molecule has 0 bridgehead atoms. The smallest absolute Gasteiger partial charge is 0.201 e. The van der Waals surface area contributed by atoms with Gasteiger partial charge in [0.05, 0.1) is 10.6 Å². The van der Waals surface area contributed by atoms with Crippen molar-refractivity contribution in [1.82, 2.24) is 5.01 Å². The van der Waals surface area contributed by atoms with Crippen molar-refractivity contribution in [3.63, 3.8) is 0 Å². The maximum absolute atomic E-state index is 12.5.